The average molecular weight is 232 g/mol. The largest absolute Gasteiger partial charge is 0.352 e. The maximum atomic E-state index is 12.0. The SMILES string of the molecule is NCC1CCCC1C(=O)NCc1ccccc1. The molecule has 1 fully saturated rings. The normalized spacial score (nSPS) is 23.6. The van der Waals surface area contributed by atoms with Crippen LogP contribution in [0.15, 0.2) is 30.3 Å². The van der Waals surface area contributed by atoms with Crippen LogP contribution in [0.1, 0.15) is 24.8 Å². The fourth-order valence-corrected chi connectivity index (χ4v) is 2.58. The number of rotatable bonds is 4. The molecule has 3 nitrogen and oxygen atoms in total. The molecule has 0 aliphatic heterocycles. The lowest BCUT2D eigenvalue weighted by atomic mass is 9.95. The first-order valence-corrected chi connectivity index (χ1v) is 6.33. The Morgan fingerprint density at radius 2 is 2.06 bits per heavy atom. The van der Waals surface area contributed by atoms with E-state index in [2.05, 4.69) is 5.32 Å². The molecule has 2 atom stereocenters. The zero-order valence-corrected chi connectivity index (χ0v) is 10.1. The summed E-state index contributed by atoms with van der Waals surface area (Å²) in [4.78, 5) is 12.0. The summed E-state index contributed by atoms with van der Waals surface area (Å²) in [5, 5.41) is 3.01. The molecule has 0 aromatic heterocycles. The van der Waals surface area contributed by atoms with E-state index < -0.39 is 0 Å². The van der Waals surface area contributed by atoms with Crippen molar-refractivity contribution in [2.45, 2.75) is 25.8 Å². The number of carbonyl (C=O) groups excluding carboxylic acids is 1. The molecular weight excluding hydrogens is 212 g/mol. The van der Waals surface area contributed by atoms with E-state index in [1.807, 2.05) is 30.3 Å². The Morgan fingerprint density at radius 3 is 2.76 bits per heavy atom. The minimum atomic E-state index is 0.128. The molecule has 1 aliphatic rings. The van der Waals surface area contributed by atoms with Gasteiger partial charge in [-0.1, -0.05) is 36.8 Å². The molecule has 1 amide bonds. The van der Waals surface area contributed by atoms with E-state index >= 15 is 0 Å². The first-order chi connectivity index (χ1) is 8.31. The maximum Gasteiger partial charge on any atom is 0.223 e. The van der Waals surface area contributed by atoms with Crippen molar-refractivity contribution < 1.29 is 4.79 Å². The minimum absolute atomic E-state index is 0.128. The van der Waals surface area contributed by atoms with Crippen LogP contribution in [0.5, 0.6) is 0 Å². The highest BCUT2D eigenvalue weighted by atomic mass is 16.1. The van der Waals surface area contributed by atoms with Crippen LogP contribution in [-0.2, 0) is 11.3 Å². The Hall–Kier alpha value is -1.35. The molecule has 3 N–H and O–H groups in total. The molecule has 1 saturated carbocycles. The van der Waals surface area contributed by atoms with Crippen LogP contribution in [0.25, 0.3) is 0 Å². The highest BCUT2D eigenvalue weighted by molar-refractivity contribution is 5.79. The Kier molecular flexibility index (Phi) is 4.15. The van der Waals surface area contributed by atoms with Gasteiger partial charge in [0.1, 0.15) is 0 Å². The van der Waals surface area contributed by atoms with Crippen LogP contribution < -0.4 is 11.1 Å². The number of hydrogen-bond donors (Lipinski definition) is 2. The molecule has 2 unspecified atom stereocenters. The zero-order chi connectivity index (χ0) is 12.1. The second kappa shape index (κ2) is 5.82. The molecule has 0 bridgehead atoms. The van der Waals surface area contributed by atoms with Crippen LogP contribution in [0.2, 0.25) is 0 Å². The number of carbonyl (C=O) groups is 1. The molecule has 1 aromatic rings. The molecule has 0 heterocycles. The summed E-state index contributed by atoms with van der Waals surface area (Å²) in [6, 6.07) is 10.00. The van der Waals surface area contributed by atoms with Gasteiger partial charge in [0.05, 0.1) is 0 Å². The second-order valence-corrected chi connectivity index (χ2v) is 4.74. The number of nitrogens with two attached hydrogens (primary N) is 1. The van der Waals surface area contributed by atoms with Gasteiger partial charge in [0.15, 0.2) is 0 Å². The standard InChI is InChI=1S/C14H20N2O/c15-9-12-7-4-8-13(12)14(17)16-10-11-5-2-1-3-6-11/h1-3,5-6,12-13H,4,7-10,15H2,(H,16,17). The van der Waals surface area contributed by atoms with Gasteiger partial charge in [0.25, 0.3) is 0 Å². The number of nitrogens with one attached hydrogen (secondary N) is 1. The van der Waals surface area contributed by atoms with E-state index in [0.29, 0.717) is 19.0 Å². The van der Waals surface area contributed by atoms with Crippen LogP contribution >= 0.6 is 0 Å². The Bertz CT molecular complexity index is 364. The fourth-order valence-electron chi connectivity index (χ4n) is 2.58. The lowest BCUT2D eigenvalue weighted by molar-refractivity contribution is -0.126. The summed E-state index contributed by atoms with van der Waals surface area (Å²) in [6.45, 7) is 1.25. The smallest absolute Gasteiger partial charge is 0.223 e. The van der Waals surface area contributed by atoms with Crippen molar-refractivity contribution in [3.63, 3.8) is 0 Å². The Labute approximate surface area is 102 Å². The Morgan fingerprint density at radius 1 is 1.29 bits per heavy atom. The molecule has 1 aliphatic carbocycles. The monoisotopic (exact) mass is 232 g/mol. The molecule has 1 aromatic carbocycles. The zero-order valence-electron chi connectivity index (χ0n) is 10.1. The van der Waals surface area contributed by atoms with Gasteiger partial charge in [-0.25, -0.2) is 0 Å². The lowest BCUT2D eigenvalue weighted by Crippen LogP contribution is -2.34. The minimum Gasteiger partial charge on any atom is -0.352 e. The number of hydrogen-bond acceptors (Lipinski definition) is 2. The van der Waals surface area contributed by atoms with Crippen molar-refractivity contribution in [2.24, 2.45) is 17.6 Å². The highest BCUT2D eigenvalue weighted by Crippen LogP contribution is 2.30. The second-order valence-electron chi connectivity index (χ2n) is 4.74. The van der Waals surface area contributed by atoms with Gasteiger partial charge >= 0.3 is 0 Å². The quantitative estimate of drug-likeness (QED) is 0.829. The van der Waals surface area contributed by atoms with Crippen molar-refractivity contribution in [3.05, 3.63) is 35.9 Å². The van der Waals surface area contributed by atoms with Crippen LogP contribution in [0, 0.1) is 11.8 Å². The van der Waals surface area contributed by atoms with Crippen LogP contribution in [0.4, 0.5) is 0 Å². The van der Waals surface area contributed by atoms with Gasteiger partial charge in [-0.2, -0.15) is 0 Å². The molecule has 17 heavy (non-hydrogen) atoms. The average Bonchev–Trinajstić information content (AvgIpc) is 2.85. The van der Waals surface area contributed by atoms with E-state index in [-0.39, 0.29) is 11.8 Å². The van der Waals surface area contributed by atoms with Crippen molar-refractivity contribution >= 4 is 5.91 Å². The topological polar surface area (TPSA) is 55.1 Å². The third kappa shape index (κ3) is 3.07. The van der Waals surface area contributed by atoms with E-state index in [1.54, 1.807) is 0 Å². The van der Waals surface area contributed by atoms with Crippen LogP contribution in [0.3, 0.4) is 0 Å². The van der Waals surface area contributed by atoms with E-state index in [1.165, 1.54) is 0 Å². The van der Waals surface area contributed by atoms with Crippen molar-refractivity contribution in [3.8, 4) is 0 Å². The molecule has 0 saturated heterocycles. The van der Waals surface area contributed by atoms with Crippen molar-refractivity contribution in [1.82, 2.24) is 5.32 Å². The summed E-state index contributed by atoms with van der Waals surface area (Å²) in [5.41, 5.74) is 6.83. The van der Waals surface area contributed by atoms with Gasteiger partial charge in [-0.05, 0) is 30.9 Å². The van der Waals surface area contributed by atoms with Gasteiger partial charge in [-0.15, -0.1) is 0 Å². The van der Waals surface area contributed by atoms with Gasteiger partial charge < -0.3 is 11.1 Å². The van der Waals surface area contributed by atoms with Crippen molar-refractivity contribution in [2.75, 3.05) is 6.54 Å². The predicted octanol–water partition coefficient (Wildman–Crippen LogP) is 1.68. The summed E-state index contributed by atoms with van der Waals surface area (Å²) < 4.78 is 0. The summed E-state index contributed by atoms with van der Waals surface area (Å²) >= 11 is 0. The first kappa shape index (κ1) is 12.1. The van der Waals surface area contributed by atoms with E-state index in [9.17, 15) is 4.79 Å². The van der Waals surface area contributed by atoms with Gasteiger partial charge in [0, 0.05) is 12.5 Å². The third-order valence-electron chi connectivity index (χ3n) is 3.61. The van der Waals surface area contributed by atoms with Crippen LogP contribution in [-0.4, -0.2) is 12.5 Å². The summed E-state index contributed by atoms with van der Waals surface area (Å²) in [6.07, 6.45) is 3.22. The number of amides is 1. The molecule has 0 spiro atoms. The molecule has 3 heteroatoms. The molecular formula is C14H20N2O. The maximum absolute atomic E-state index is 12.0. The van der Waals surface area contributed by atoms with Crippen molar-refractivity contribution in [1.29, 1.82) is 0 Å². The van der Waals surface area contributed by atoms with Gasteiger partial charge in [0.2, 0.25) is 5.91 Å². The first-order valence-electron chi connectivity index (χ1n) is 6.33. The van der Waals surface area contributed by atoms with Gasteiger partial charge in [-0.3, -0.25) is 4.79 Å². The molecule has 92 valence electrons. The predicted molar refractivity (Wildman–Crippen MR) is 68.2 cm³/mol. The molecule has 2 rings (SSSR count). The lowest BCUT2D eigenvalue weighted by Gasteiger charge is -2.17. The van der Waals surface area contributed by atoms with E-state index in [4.69, 9.17) is 5.73 Å². The summed E-state index contributed by atoms with van der Waals surface area (Å²) in [5.74, 6) is 0.677. The van der Waals surface area contributed by atoms with E-state index in [0.717, 1.165) is 24.8 Å². The fraction of sp³-hybridized carbons (Fsp3) is 0.500. The Balaban J connectivity index is 1.85. The number of benzene rings is 1. The third-order valence-corrected chi connectivity index (χ3v) is 3.61. The highest BCUT2D eigenvalue weighted by Gasteiger charge is 2.31. The summed E-state index contributed by atoms with van der Waals surface area (Å²) in [7, 11) is 0. The molecule has 0 radical (unpaired) electrons.